The third-order valence-corrected chi connectivity index (χ3v) is 4.79. The van der Waals surface area contributed by atoms with Gasteiger partial charge in [0.05, 0.1) is 5.75 Å². The number of benzene rings is 1. The molecular weight excluding hydrogens is 238 g/mol. The highest BCUT2D eigenvalue weighted by Gasteiger charge is 2.34. The average Bonchev–Trinajstić information content (AvgIpc) is 2.14. The molecule has 0 spiro atoms. The lowest BCUT2D eigenvalue weighted by atomic mass is 10.1. The largest absolute Gasteiger partial charge is 0.396 e. The number of sulfonamides is 1. The van der Waals surface area contributed by atoms with E-state index in [9.17, 15) is 8.42 Å². The number of rotatable bonds is 4. The molecular formula is C12H17NO3S. The molecule has 0 radical (unpaired) electrons. The summed E-state index contributed by atoms with van der Waals surface area (Å²) >= 11 is 0. The summed E-state index contributed by atoms with van der Waals surface area (Å²) < 4.78 is 25.4. The van der Waals surface area contributed by atoms with E-state index in [2.05, 4.69) is 0 Å². The summed E-state index contributed by atoms with van der Waals surface area (Å²) in [5.41, 5.74) is 1.88. The van der Waals surface area contributed by atoms with Crippen LogP contribution >= 0.6 is 0 Å². The van der Waals surface area contributed by atoms with Gasteiger partial charge in [-0.2, -0.15) is 0 Å². The van der Waals surface area contributed by atoms with E-state index in [0.29, 0.717) is 13.1 Å². The first-order chi connectivity index (χ1) is 8.01. The van der Waals surface area contributed by atoms with Crippen LogP contribution in [-0.2, 0) is 15.8 Å². The van der Waals surface area contributed by atoms with E-state index < -0.39 is 10.0 Å². The fourth-order valence-electron chi connectivity index (χ4n) is 1.97. The Hall–Kier alpha value is -0.910. The predicted molar refractivity (Wildman–Crippen MR) is 66.0 cm³/mol. The topological polar surface area (TPSA) is 57.6 Å². The number of aliphatic hydroxyl groups is 1. The third kappa shape index (κ3) is 2.86. The third-order valence-electron chi connectivity index (χ3n) is 3.01. The Morgan fingerprint density at radius 2 is 2.12 bits per heavy atom. The SMILES string of the molecule is Cc1cccc(CS(=O)(=O)N2CC(CO)C2)c1. The van der Waals surface area contributed by atoms with E-state index in [0.717, 1.165) is 11.1 Å². The molecule has 1 heterocycles. The molecule has 1 aliphatic heterocycles. The van der Waals surface area contributed by atoms with Crippen molar-refractivity contribution in [2.75, 3.05) is 19.7 Å². The van der Waals surface area contributed by atoms with Crippen LogP contribution in [0.4, 0.5) is 0 Å². The maximum absolute atomic E-state index is 12.0. The molecule has 5 heteroatoms. The van der Waals surface area contributed by atoms with Crippen LogP contribution in [0.5, 0.6) is 0 Å². The van der Waals surface area contributed by atoms with Crippen molar-refractivity contribution in [3.8, 4) is 0 Å². The maximum Gasteiger partial charge on any atom is 0.218 e. The smallest absolute Gasteiger partial charge is 0.218 e. The quantitative estimate of drug-likeness (QED) is 0.863. The number of nitrogens with zero attached hydrogens (tertiary/aromatic N) is 1. The van der Waals surface area contributed by atoms with Crippen molar-refractivity contribution < 1.29 is 13.5 Å². The molecule has 0 atom stereocenters. The standard InChI is InChI=1S/C12H17NO3S/c1-10-3-2-4-11(5-10)9-17(15,16)13-6-12(7-13)8-14/h2-5,12,14H,6-9H2,1H3. The minimum absolute atomic E-state index is 0.0484. The summed E-state index contributed by atoms with van der Waals surface area (Å²) in [7, 11) is -3.21. The fourth-order valence-corrected chi connectivity index (χ4v) is 3.63. The van der Waals surface area contributed by atoms with Crippen molar-refractivity contribution in [3.63, 3.8) is 0 Å². The summed E-state index contributed by atoms with van der Waals surface area (Å²) in [5.74, 6) is 0.162. The summed E-state index contributed by atoms with van der Waals surface area (Å²) in [6.45, 7) is 2.91. The van der Waals surface area contributed by atoms with E-state index in [4.69, 9.17) is 5.11 Å². The van der Waals surface area contributed by atoms with Crippen LogP contribution in [0.1, 0.15) is 11.1 Å². The number of aryl methyl sites for hydroxylation is 1. The van der Waals surface area contributed by atoms with Gasteiger partial charge in [-0.3, -0.25) is 0 Å². The lowest BCUT2D eigenvalue weighted by Crippen LogP contribution is -2.51. The van der Waals surface area contributed by atoms with Crippen LogP contribution in [0, 0.1) is 12.8 Å². The highest BCUT2D eigenvalue weighted by atomic mass is 32.2. The number of aliphatic hydroxyl groups excluding tert-OH is 1. The molecule has 1 aromatic rings. The van der Waals surface area contributed by atoms with Gasteiger partial charge in [-0.25, -0.2) is 12.7 Å². The zero-order chi connectivity index (χ0) is 12.5. The minimum atomic E-state index is -3.21. The van der Waals surface area contributed by atoms with E-state index >= 15 is 0 Å². The first-order valence-corrected chi connectivity index (χ1v) is 7.26. The second-order valence-electron chi connectivity index (χ2n) is 4.61. The van der Waals surface area contributed by atoms with Crippen molar-refractivity contribution in [1.29, 1.82) is 0 Å². The van der Waals surface area contributed by atoms with Gasteiger partial charge in [0.25, 0.3) is 0 Å². The van der Waals surface area contributed by atoms with Crippen molar-refractivity contribution in [1.82, 2.24) is 4.31 Å². The molecule has 0 amide bonds. The lowest BCUT2D eigenvalue weighted by Gasteiger charge is -2.37. The molecule has 1 fully saturated rings. The molecule has 2 rings (SSSR count). The Balaban J connectivity index is 2.03. The Labute approximate surface area is 102 Å². The Bertz CT molecular complexity index is 492. The fraction of sp³-hybridized carbons (Fsp3) is 0.500. The van der Waals surface area contributed by atoms with E-state index in [-0.39, 0.29) is 18.3 Å². The molecule has 1 aliphatic rings. The molecule has 17 heavy (non-hydrogen) atoms. The molecule has 0 saturated carbocycles. The molecule has 0 bridgehead atoms. The Kier molecular flexibility index (Phi) is 3.51. The van der Waals surface area contributed by atoms with Gasteiger partial charge in [-0.15, -0.1) is 0 Å². The van der Waals surface area contributed by atoms with Crippen LogP contribution in [0.15, 0.2) is 24.3 Å². The first kappa shape index (κ1) is 12.5. The van der Waals surface area contributed by atoms with Crippen LogP contribution in [-0.4, -0.2) is 37.5 Å². The first-order valence-electron chi connectivity index (χ1n) is 5.65. The molecule has 1 N–H and O–H groups in total. The number of hydrogen-bond donors (Lipinski definition) is 1. The van der Waals surface area contributed by atoms with Gasteiger partial charge in [0.2, 0.25) is 10.0 Å². The van der Waals surface area contributed by atoms with Gasteiger partial charge >= 0.3 is 0 Å². The molecule has 0 aromatic heterocycles. The van der Waals surface area contributed by atoms with E-state index in [1.54, 1.807) is 0 Å². The molecule has 0 unspecified atom stereocenters. The van der Waals surface area contributed by atoms with Crippen LogP contribution in [0.25, 0.3) is 0 Å². The minimum Gasteiger partial charge on any atom is -0.396 e. The summed E-state index contributed by atoms with van der Waals surface area (Å²) in [4.78, 5) is 0. The van der Waals surface area contributed by atoms with Gasteiger partial charge < -0.3 is 5.11 Å². The van der Waals surface area contributed by atoms with Crippen molar-refractivity contribution in [2.45, 2.75) is 12.7 Å². The van der Waals surface area contributed by atoms with Crippen LogP contribution < -0.4 is 0 Å². The van der Waals surface area contributed by atoms with Gasteiger partial charge in [0.15, 0.2) is 0 Å². The van der Waals surface area contributed by atoms with Crippen LogP contribution in [0.2, 0.25) is 0 Å². The molecule has 0 aliphatic carbocycles. The Morgan fingerprint density at radius 3 is 2.71 bits per heavy atom. The van der Waals surface area contributed by atoms with Gasteiger partial charge in [-0.1, -0.05) is 29.8 Å². The summed E-state index contributed by atoms with van der Waals surface area (Å²) in [6.07, 6.45) is 0. The van der Waals surface area contributed by atoms with Gasteiger partial charge in [0, 0.05) is 25.6 Å². The molecule has 1 aromatic carbocycles. The maximum atomic E-state index is 12.0. The highest BCUT2D eigenvalue weighted by molar-refractivity contribution is 7.88. The van der Waals surface area contributed by atoms with Crippen molar-refractivity contribution >= 4 is 10.0 Å². The summed E-state index contributed by atoms with van der Waals surface area (Å²) in [5, 5.41) is 8.87. The zero-order valence-corrected chi connectivity index (χ0v) is 10.7. The second-order valence-corrected chi connectivity index (χ2v) is 6.58. The normalized spacial score (nSPS) is 18.0. The van der Waals surface area contributed by atoms with Gasteiger partial charge in [0.1, 0.15) is 0 Å². The monoisotopic (exact) mass is 255 g/mol. The van der Waals surface area contributed by atoms with Crippen molar-refractivity contribution in [3.05, 3.63) is 35.4 Å². The number of hydrogen-bond acceptors (Lipinski definition) is 3. The molecule has 4 nitrogen and oxygen atoms in total. The van der Waals surface area contributed by atoms with Gasteiger partial charge in [-0.05, 0) is 12.5 Å². The average molecular weight is 255 g/mol. The van der Waals surface area contributed by atoms with E-state index in [1.165, 1.54) is 4.31 Å². The zero-order valence-electron chi connectivity index (χ0n) is 9.83. The predicted octanol–water partition coefficient (Wildman–Crippen LogP) is 0.749. The molecule has 1 saturated heterocycles. The van der Waals surface area contributed by atoms with Crippen molar-refractivity contribution in [2.24, 2.45) is 5.92 Å². The summed E-state index contributed by atoms with van der Waals surface area (Å²) in [6, 6.07) is 7.53. The lowest BCUT2D eigenvalue weighted by molar-refractivity contribution is 0.117. The Morgan fingerprint density at radius 1 is 1.41 bits per heavy atom. The highest BCUT2D eigenvalue weighted by Crippen LogP contribution is 2.22. The second kappa shape index (κ2) is 4.76. The van der Waals surface area contributed by atoms with E-state index in [1.807, 2.05) is 31.2 Å². The molecule has 94 valence electrons. The van der Waals surface area contributed by atoms with Crippen LogP contribution in [0.3, 0.4) is 0 Å².